The lowest BCUT2D eigenvalue weighted by atomic mass is 10.2. The van der Waals surface area contributed by atoms with Crippen LogP contribution < -0.4 is 10.6 Å². The van der Waals surface area contributed by atoms with Gasteiger partial charge >= 0.3 is 0 Å². The van der Waals surface area contributed by atoms with Gasteiger partial charge in [0, 0.05) is 12.3 Å². The van der Waals surface area contributed by atoms with Crippen LogP contribution in [-0.4, -0.2) is 39.6 Å². The maximum absolute atomic E-state index is 12.2. The number of imidazole rings is 1. The molecule has 3 heterocycles. The van der Waals surface area contributed by atoms with E-state index >= 15 is 0 Å². The second kappa shape index (κ2) is 7.38. The van der Waals surface area contributed by atoms with E-state index in [0.717, 1.165) is 11.4 Å². The Morgan fingerprint density at radius 3 is 2.40 bits per heavy atom. The van der Waals surface area contributed by atoms with Crippen molar-refractivity contribution in [3.63, 3.8) is 0 Å². The number of sulfone groups is 1. The highest BCUT2D eigenvalue weighted by atomic mass is 32.2. The molecule has 1 aromatic carbocycles. The van der Waals surface area contributed by atoms with Gasteiger partial charge in [-0.15, -0.1) is 0 Å². The number of para-hydroxylation sites is 1. The normalized spacial score (nSPS) is 11.6. The van der Waals surface area contributed by atoms with E-state index in [9.17, 15) is 8.42 Å². The zero-order valence-electron chi connectivity index (χ0n) is 17.0. The molecule has 0 saturated carbocycles. The van der Waals surface area contributed by atoms with Crippen LogP contribution in [0.4, 0.5) is 23.0 Å². The van der Waals surface area contributed by atoms with E-state index in [1.54, 1.807) is 36.5 Å². The molecule has 0 aliphatic heterocycles. The third-order valence-electron chi connectivity index (χ3n) is 4.58. The third kappa shape index (κ3) is 3.94. The molecule has 4 aromatic rings. The van der Waals surface area contributed by atoms with Gasteiger partial charge in [0.1, 0.15) is 23.0 Å². The highest BCUT2D eigenvalue weighted by molar-refractivity contribution is 7.90. The number of rotatable bonds is 5. The van der Waals surface area contributed by atoms with Crippen molar-refractivity contribution in [2.24, 2.45) is 0 Å². The van der Waals surface area contributed by atoms with Crippen LogP contribution in [0.25, 0.3) is 11.2 Å². The van der Waals surface area contributed by atoms with Crippen LogP contribution in [-0.2, 0) is 9.84 Å². The van der Waals surface area contributed by atoms with E-state index in [0.29, 0.717) is 40.0 Å². The Morgan fingerprint density at radius 1 is 0.900 bits per heavy atom. The zero-order chi connectivity index (χ0) is 21.5. The Bertz CT molecular complexity index is 1360. The number of fused-ring (bicyclic) bond motifs is 1. The van der Waals surface area contributed by atoms with Crippen LogP contribution in [0.3, 0.4) is 0 Å². The number of aromatic nitrogens is 5. The fourth-order valence-corrected chi connectivity index (χ4v) is 3.88. The number of anilines is 4. The van der Waals surface area contributed by atoms with Gasteiger partial charge in [-0.05, 0) is 32.9 Å². The van der Waals surface area contributed by atoms with Crippen LogP contribution in [0.1, 0.15) is 17.2 Å². The lowest BCUT2D eigenvalue weighted by molar-refractivity contribution is 0.602. The molecule has 0 atom stereocenters. The molecule has 0 bridgehead atoms. The van der Waals surface area contributed by atoms with Crippen LogP contribution in [0.2, 0.25) is 0 Å². The average Bonchev–Trinajstić information content (AvgIpc) is 3.05. The molecule has 0 aliphatic carbocycles. The predicted octanol–water partition coefficient (Wildman–Crippen LogP) is 3.56. The first-order chi connectivity index (χ1) is 14.2. The molecule has 3 aromatic heterocycles. The van der Waals surface area contributed by atoms with E-state index in [-0.39, 0.29) is 4.90 Å². The quantitative estimate of drug-likeness (QED) is 0.445. The van der Waals surface area contributed by atoms with Gasteiger partial charge in [0.05, 0.1) is 33.9 Å². The van der Waals surface area contributed by atoms with E-state index in [2.05, 4.69) is 35.6 Å². The smallest absolute Gasteiger partial charge is 0.177 e. The van der Waals surface area contributed by atoms with Crippen LogP contribution in [0.15, 0.2) is 41.4 Å². The van der Waals surface area contributed by atoms with Crippen LogP contribution >= 0.6 is 0 Å². The molecular weight excluding hydrogens is 402 g/mol. The molecule has 10 heteroatoms. The van der Waals surface area contributed by atoms with Crippen LogP contribution in [0, 0.1) is 20.8 Å². The molecule has 9 nitrogen and oxygen atoms in total. The number of benzene rings is 1. The van der Waals surface area contributed by atoms with Crippen molar-refractivity contribution in [2.75, 3.05) is 16.9 Å². The maximum atomic E-state index is 12.2. The molecule has 0 amide bonds. The Morgan fingerprint density at radius 2 is 1.67 bits per heavy atom. The van der Waals surface area contributed by atoms with Crippen molar-refractivity contribution in [2.45, 2.75) is 25.7 Å². The molecule has 30 heavy (non-hydrogen) atoms. The van der Waals surface area contributed by atoms with Crippen molar-refractivity contribution in [3.8, 4) is 0 Å². The number of nitrogens with one attached hydrogen (secondary N) is 3. The summed E-state index contributed by atoms with van der Waals surface area (Å²) >= 11 is 0. The Hall–Kier alpha value is -3.53. The number of aromatic amines is 1. The van der Waals surface area contributed by atoms with E-state index in [1.807, 2.05) is 20.8 Å². The lowest BCUT2D eigenvalue weighted by Gasteiger charge is -2.13. The van der Waals surface area contributed by atoms with Crippen LogP contribution in [0.5, 0.6) is 0 Å². The van der Waals surface area contributed by atoms with Gasteiger partial charge in [0.25, 0.3) is 0 Å². The first-order valence-electron chi connectivity index (χ1n) is 9.21. The second-order valence-corrected chi connectivity index (χ2v) is 9.00. The van der Waals surface area contributed by atoms with Gasteiger partial charge in [-0.1, -0.05) is 12.1 Å². The maximum Gasteiger partial charge on any atom is 0.177 e. The number of aryl methyl sites for hydroxylation is 3. The largest absolute Gasteiger partial charge is 0.352 e. The Balaban J connectivity index is 1.79. The van der Waals surface area contributed by atoms with Gasteiger partial charge in [0.15, 0.2) is 15.5 Å². The summed E-state index contributed by atoms with van der Waals surface area (Å²) in [5, 5.41) is 6.36. The highest BCUT2D eigenvalue weighted by Gasteiger charge is 2.16. The predicted molar refractivity (Wildman–Crippen MR) is 116 cm³/mol. The Labute approximate surface area is 173 Å². The van der Waals surface area contributed by atoms with Gasteiger partial charge in [-0.3, -0.25) is 4.98 Å². The minimum atomic E-state index is -3.41. The summed E-state index contributed by atoms with van der Waals surface area (Å²) in [6.07, 6.45) is 2.82. The first-order valence-corrected chi connectivity index (χ1v) is 11.1. The van der Waals surface area contributed by atoms with Crippen molar-refractivity contribution in [1.29, 1.82) is 0 Å². The number of hydrogen-bond acceptors (Lipinski definition) is 8. The van der Waals surface area contributed by atoms with E-state index in [4.69, 9.17) is 0 Å². The standard InChI is InChI=1S/C20H21N7O2S/c1-11-12(2)22-18(10-21-11)26-17-9-15(19-20(27-17)24-13(3)23-19)25-14-7-5-6-8-16(14)30(4,28)29/h5-10H,1-4H3,(H3,22,23,24,25,26,27). The second-order valence-electron chi connectivity index (χ2n) is 7.02. The number of hydrogen-bond donors (Lipinski definition) is 3. The molecule has 0 radical (unpaired) electrons. The van der Waals surface area contributed by atoms with Crippen molar-refractivity contribution >= 4 is 44.0 Å². The van der Waals surface area contributed by atoms with E-state index in [1.165, 1.54) is 6.26 Å². The fraction of sp³-hybridized carbons (Fsp3) is 0.200. The van der Waals surface area contributed by atoms with Crippen molar-refractivity contribution in [1.82, 2.24) is 24.9 Å². The molecule has 0 unspecified atom stereocenters. The van der Waals surface area contributed by atoms with Gasteiger partial charge < -0.3 is 15.6 Å². The fourth-order valence-electron chi connectivity index (χ4n) is 3.04. The molecule has 0 spiro atoms. The minimum absolute atomic E-state index is 0.205. The molecule has 0 aliphatic rings. The Kier molecular flexibility index (Phi) is 4.86. The summed E-state index contributed by atoms with van der Waals surface area (Å²) < 4.78 is 24.4. The van der Waals surface area contributed by atoms with Gasteiger partial charge in [0.2, 0.25) is 0 Å². The summed E-state index contributed by atoms with van der Waals surface area (Å²) in [5.74, 6) is 1.77. The highest BCUT2D eigenvalue weighted by Crippen LogP contribution is 2.31. The summed E-state index contributed by atoms with van der Waals surface area (Å²) in [6.45, 7) is 5.61. The van der Waals surface area contributed by atoms with Gasteiger partial charge in [-0.25, -0.2) is 23.4 Å². The summed E-state index contributed by atoms with van der Waals surface area (Å²) in [5.41, 5.74) is 3.91. The molecule has 3 N–H and O–H groups in total. The molecule has 154 valence electrons. The molecule has 0 fully saturated rings. The third-order valence-corrected chi connectivity index (χ3v) is 5.73. The molecular formula is C20H21N7O2S. The van der Waals surface area contributed by atoms with Crippen molar-refractivity contribution < 1.29 is 8.42 Å². The molecule has 0 saturated heterocycles. The lowest BCUT2D eigenvalue weighted by Crippen LogP contribution is -2.04. The first kappa shape index (κ1) is 19.8. The minimum Gasteiger partial charge on any atom is -0.352 e. The monoisotopic (exact) mass is 423 g/mol. The molecule has 4 rings (SSSR count). The number of H-pyrrole nitrogens is 1. The number of pyridine rings is 1. The number of nitrogens with zero attached hydrogens (tertiary/aromatic N) is 4. The average molecular weight is 424 g/mol. The van der Waals surface area contributed by atoms with Gasteiger partial charge in [-0.2, -0.15) is 0 Å². The topological polar surface area (TPSA) is 126 Å². The summed E-state index contributed by atoms with van der Waals surface area (Å²) in [4.78, 5) is 21.2. The summed E-state index contributed by atoms with van der Waals surface area (Å²) in [7, 11) is -3.41. The summed E-state index contributed by atoms with van der Waals surface area (Å²) in [6, 6.07) is 8.50. The van der Waals surface area contributed by atoms with E-state index < -0.39 is 9.84 Å². The SMILES string of the molecule is Cc1nc2c(Nc3ccccc3S(C)(=O)=O)cc(Nc3cnc(C)c(C)n3)nc2[nH]1. The zero-order valence-corrected chi connectivity index (χ0v) is 17.8. The van der Waals surface area contributed by atoms with Crippen molar-refractivity contribution in [3.05, 3.63) is 53.7 Å².